The zero-order chi connectivity index (χ0) is 13.8. The van der Waals surface area contributed by atoms with Crippen LogP contribution in [0.3, 0.4) is 0 Å². The van der Waals surface area contributed by atoms with Crippen molar-refractivity contribution < 1.29 is 9.13 Å². The lowest BCUT2D eigenvalue weighted by molar-refractivity contribution is 0.273. The lowest BCUT2D eigenvalue weighted by atomic mass is 10.1. The summed E-state index contributed by atoms with van der Waals surface area (Å²) in [5.41, 5.74) is 6.43. The summed E-state index contributed by atoms with van der Waals surface area (Å²) in [4.78, 5) is 4.06. The van der Waals surface area contributed by atoms with Gasteiger partial charge in [-0.2, -0.15) is 5.10 Å². The normalized spacial score (nSPS) is 12.4. The van der Waals surface area contributed by atoms with Gasteiger partial charge in [-0.3, -0.25) is 0 Å². The van der Waals surface area contributed by atoms with Gasteiger partial charge < -0.3 is 10.5 Å². The van der Waals surface area contributed by atoms with Crippen LogP contribution in [0.4, 0.5) is 4.39 Å². The van der Waals surface area contributed by atoms with Gasteiger partial charge in [0.1, 0.15) is 12.9 Å². The van der Waals surface area contributed by atoms with Gasteiger partial charge in [-0.1, -0.05) is 6.07 Å². The number of rotatable bonds is 5. The van der Waals surface area contributed by atoms with Crippen LogP contribution in [0.25, 0.3) is 0 Å². The van der Waals surface area contributed by atoms with E-state index in [1.807, 2.05) is 6.92 Å². The molecule has 0 bridgehead atoms. The third kappa shape index (κ3) is 3.08. The highest BCUT2D eigenvalue weighted by atomic mass is 19.1. The van der Waals surface area contributed by atoms with Gasteiger partial charge in [-0.05, 0) is 31.5 Å². The summed E-state index contributed by atoms with van der Waals surface area (Å²) in [5, 5.41) is 4.02. The molecule has 0 amide bonds. The van der Waals surface area contributed by atoms with Crippen molar-refractivity contribution in [2.75, 3.05) is 0 Å². The maximum absolute atomic E-state index is 13.8. The van der Waals surface area contributed by atoms with Crippen molar-refractivity contribution in [3.8, 4) is 5.75 Å². The van der Waals surface area contributed by atoms with E-state index in [0.29, 0.717) is 12.4 Å². The number of hydrogen-bond acceptors (Lipinski definition) is 4. The number of nitrogens with two attached hydrogens (primary N) is 1. The highest BCUT2D eigenvalue weighted by molar-refractivity contribution is 5.30. The standard InChI is InChI=1S/C13H17FN4O/c1-3-18-13(16-8-17-18)7-19-12-5-4-10(9(2)15)6-11(12)14/h4-6,8-9H,3,7,15H2,1-2H3/t9-/m1/s1. The molecule has 1 aromatic heterocycles. The van der Waals surface area contributed by atoms with Gasteiger partial charge in [0.2, 0.25) is 0 Å². The van der Waals surface area contributed by atoms with Crippen molar-refractivity contribution in [1.82, 2.24) is 14.8 Å². The first kappa shape index (κ1) is 13.5. The number of aryl methyl sites for hydroxylation is 1. The molecule has 2 rings (SSSR count). The van der Waals surface area contributed by atoms with Crippen LogP contribution in [0.1, 0.15) is 31.3 Å². The Morgan fingerprint density at radius 1 is 1.47 bits per heavy atom. The summed E-state index contributed by atoms with van der Waals surface area (Å²) in [6.07, 6.45) is 1.46. The average Bonchev–Trinajstić information content (AvgIpc) is 2.84. The molecule has 1 atom stereocenters. The molecule has 1 aromatic carbocycles. The molecule has 0 aliphatic carbocycles. The fourth-order valence-corrected chi connectivity index (χ4v) is 1.72. The van der Waals surface area contributed by atoms with E-state index in [4.69, 9.17) is 10.5 Å². The Morgan fingerprint density at radius 3 is 2.89 bits per heavy atom. The first-order valence-corrected chi connectivity index (χ1v) is 6.16. The predicted octanol–water partition coefficient (Wildman–Crippen LogP) is 2.04. The molecule has 0 saturated heterocycles. The molecule has 0 spiro atoms. The number of nitrogens with zero attached hydrogens (tertiary/aromatic N) is 3. The van der Waals surface area contributed by atoms with Crippen LogP contribution in [0.2, 0.25) is 0 Å². The molecule has 0 aliphatic rings. The second-order valence-electron chi connectivity index (χ2n) is 4.26. The molecule has 5 nitrogen and oxygen atoms in total. The molecular formula is C13H17FN4O. The molecule has 19 heavy (non-hydrogen) atoms. The molecule has 2 aromatic rings. The second-order valence-corrected chi connectivity index (χ2v) is 4.26. The van der Waals surface area contributed by atoms with E-state index in [2.05, 4.69) is 10.1 Å². The maximum atomic E-state index is 13.8. The van der Waals surface area contributed by atoms with Gasteiger partial charge in [0.05, 0.1) is 0 Å². The van der Waals surface area contributed by atoms with Crippen LogP contribution in [-0.4, -0.2) is 14.8 Å². The fourth-order valence-electron chi connectivity index (χ4n) is 1.72. The van der Waals surface area contributed by atoms with Crippen molar-refractivity contribution in [2.45, 2.75) is 33.0 Å². The summed E-state index contributed by atoms with van der Waals surface area (Å²) >= 11 is 0. The van der Waals surface area contributed by atoms with E-state index in [-0.39, 0.29) is 18.4 Å². The minimum Gasteiger partial charge on any atom is -0.483 e. The first-order chi connectivity index (χ1) is 9.11. The molecule has 0 saturated carbocycles. The summed E-state index contributed by atoms with van der Waals surface area (Å²) < 4.78 is 20.9. The number of halogens is 1. The smallest absolute Gasteiger partial charge is 0.165 e. The maximum Gasteiger partial charge on any atom is 0.165 e. The van der Waals surface area contributed by atoms with Crippen LogP contribution < -0.4 is 10.5 Å². The Labute approximate surface area is 111 Å². The zero-order valence-corrected chi connectivity index (χ0v) is 11.0. The number of hydrogen-bond donors (Lipinski definition) is 1. The molecule has 102 valence electrons. The Bertz CT molecular complexity index is 553. The van der Waals surface area contributed by atoms with Gasteiger partial charge in [0, 0.05) is 12.6 Å². The minimum atomic E-state index is -0.419. The van der Waals surface area contributed by atoms with Crippen molar-refractivity contribution in [3.05, 3.63) is 41.7 Å². The molecule has 6 heteroatoms. The SMILES string of the molecule is CCn1ncnc1COc1ccc([C@@H](C)N)cc1F. The Balaban J connectivity index is 2.08. The lowest BCUT2D eigenvalue weighted by Gasteiger charge is -2.10. The monoisotopic (exact) mass is 264 g/mol. The topological polar surface area (TPSA) is 66.0 Å². The highest BCUT2D eigenvalue weighted by Crippen LogP contribution is 2.21. The number of benzene rings is 1. The Hall–Kier alpha value is -1.95. The van der Waals surface area contributed by atoms with Crippen molar-refractivity contribution >= 4 is 0 Å². The molecule has 0 unspecified atom stereocenters. The Morgan fingerprint density at radius 2 is 2.26 bits per heavy atom. The van der Waals surface area contributed by atoms with Gasteiger partial charge in [-0.15, -0.1) is 0 Å². The van der Waals surface area contributed by atoms with E-state index < -0.39 is 5.82 Å². The van der Waals surface area contributed by atoms with Gasteiger partial charge in [-0.25, -0.2) is 14.1 Å². The minimum absolute atomic E-state index is 0.183. The molecule has 1 heterocycles. The molecule has 0 aliphatic heterocycles. The highest BCUT2D eigenvalue weighted by Gasteiger charge is 2.09. The van der Waals surface area contributed by atoms with Gasteiger partial charge in [0.15, 0.2) is 17.4 Å². The lowest BCUT2D eigenvalue weighted by Crippen LogP contribution is -2.09. The molecule has 0 radical (unpaired) electrons. The number of aromatic nitrogens is 3. The van der Waals surface area contributed by atoms with Crippen molar-refractivity contribution in [1.29, 1.82) is 0 Å². The first-order valence-electron chi connectivity index (χ1n) is 6.16. The number of ether oxygens (including phenoxy) is 1. The van der Waals surface area contributed by atoms with E-state index in [9.17, 15) is 4.39 Å². The van der Waals surface area contributed by atoms with Gasteiger partial charge >= 0.3 is 0 Å². The quantitative estimate of drug-likeness (QED) is 0.897. The largest absolute Gasteiger partial charge is 0.483 e. The van der Waals surface area contributed by atoms with E-state index in [1.54, 1.807) is 23.7 Å². The third-order valence-corrected chi connectivity index (χ3v) is 2.83. The van der Waals surface area contributed by atoms with Crippen LogP contribution in [0.5, 0.6) is 5.75 Å². The van der Waals surface area contributed by atoms with E-state index in [1.165, 1.54) is 12.4 Å². The zero-order valence-electron chi connectivity index (χ0n) is 11.0. The van der Waals surface area contributed by atoms with Crippen LogP contribution in [0.15, 0.2) is 24.5 Å². The van der Waals surface area contributed by atoms with Crippen molar-refractivity contribution in [3.63, 3.8) is 0 Å². The summed E-state index contributed by atoms with van der Waals surface area (Å²) in [5.74, 6) is 0.436. The summed E-state index contributed by atoms with van der Waals surface area (Å²) in [6, 6.07) is 4.53. The molecule has 0 fully saturated rings. The molecule has 2 N–H and O–H groups in total. The second kappa shape index (κ2) is 5.79. The summed E-state index contributed by atoms with van der Waals surface area (Å²) in [6.45, 7) is 4.64. The predicted molar refractivity (Wildman–Crippen MR) is 69.0 cm³/mol. The Kier molecular flexibility index (Phi) is 4.11. The average molecular weight is 264 g/mol. The third-order valence-electron chi connectivity index (χ3n) is 2.83. The van der Waals surface area contributed by atoms with Crippen LogP contribution >= 0.6 is 0 Å². The van der Waals surface area contributed by atoms with E-state index >= 15 is 0 Å². The van der Waals surface area contributed by atoms with Crippen LogP contribution in [-0.2, 0) is 13.2 Å². The van der Waals surface area contributed by atoms with Crippen LogP contribution in [0, 0.1) is 5.82 Å². The molecular weight excluding hydrogens is 247 g/mol. The fraction of sp³-hybridized carbons (Fsp3) is 0.385. The van der Waals surface area contributed by atoms with Gasteiger partial charge in [0.25, 0.3) is 0 Å². The summed E-state index contributed by atoms with van der Waals surface area (Å²) in [7, 11) is 0. The van der Waals surface area contributed by atoms with Crippen molar-refractivity contribution in [2.24, 2.45) is 5.73 Å². The van der Waals surface area contributed by atoms with E-state index in [0.717, 1.165) is 5.56 Å².